The molecule has 0 saturated heterocycles. The quantitative estimate of drug-likeness (QED) is 0.806. The Morgan fingerprint density at radius 1 is 1.38 bits per heavy atom. The summed E-state index contributed by atoms with van der Waals surface area (Å²) in [4.78, 5) is 10.7. The summed E-state index contributed by atoms with van der Waals surface area (Å²) in [5.74, 6) is -1.17. The Bertz CT molecular complexity index is 753. The number of aromatic carboxylic acids is 1. The molecule has 0 saturated carbocycles. The number of hydrogen-bond donors (Lipinski definition) is 2. The number of rotatable bonds is 5. The molecule has 0 spiro atoms. The fourth-order valence-corrected chi connectivity index (χ4v) is 3.06. The van der Waals surface area contributed by atoms with Gasteiger partial charge in [0.1, 0.15) is 4.90 Å². The maximum absolute atomic E-state index is 12.4. The second-order valence-electron chi connectivity index (χ2n) is 4.45. The zero-order valence-corrected chi connectivity index (χ0v) is 12.0. The summed E-state index contributed by atoms with van der Waals surface area (Å²) in [7, 11) is -2.40. The molecule has 0 aliphatic carbocycles. The van der Waals surface area contributed by atoms with Crippen molar-refractivity contribution in [1.29, 1.82) is 0 Å². The number of benzene rings is 1. The van der Waals surface area contributed by atoms with Crippen LogP contribution in [0.25, 0.3) is 0 Å². The smallest absolute Gasteiger partial charge is 0.335 e. The molecular formula is C13H14N2O5S. The van der Waals surface area contributed by atoms with Gasteiger partial charge >= 0.3 is 5.97 Å². The summed E-state index contributed by atoms with van der Waals surface area (Å²) < 4.78 is 30.9. The summed E-state index contributed by atoms with van der Waals surface area (Å²) in [6, 6.07) is 5.18. The van der Waals surface area contributed by atoms with E-state index >= 15 is 0 Å². The molecule has 0 unspecified atom stereocenters. The topological polar surface area (TPSA) is 114 Å². The number of carbonyl (C=O) groups is 1. The minimum Gasteiger partial charge on any atom is -0.478 e. The Morgan fingerprint density at radius 3 is 2.62 bits per heavy atom. The average Bonchev–Trinajstić information content (AvgIpc) is 2.90. The van der Waals surface area contributed by atoms with Crippen LogP contribution in [-0.4, -0.2) is 30.8 Å². The lowest BCUT2D eigenvalue weighted by molar-refractivity contribution is 0.0697. The monoisotopic (exact) mass is 310 g/mol. The number of carboxylic acid groups (broad SMARTS) is 1. The lowest BCUT2D eigenvalue weighted by Crippen LogP contribution is -2.27. The highest BCUT2D eigenvalue weighted by Gasteiger charge is 2.24. The molecule has 112 valence electrons. The van der Waals surface area contributed by atoms with Gasteiger partial charge in [-0.3, -0.25) is 0 Å². The van der Waals surface area contributed by atoms with Crippen molar-refractivity contribution in [2.75, 3.05) is 12.8 Å². The number of anilines is 1. The number of nitrogens with zero attached hydrogens (tertiary/aromatic N) is 1. The number of sulfonamides is 1. The third-order valence-electron chi connectivity index (χ3n) is 2.93. The summed E-state index contributed by atoms with van der Waals surface area (Å²) in [5.41, 5.74) is 6.20. The molecular weight excluding hydrogens is 296 g/mol. The molecule has 21 heavy (non-hydrogen) atoms. The molecule has 0 aliphatic rings. The van der Waals surface area contributed by atoms with Gasteiger partial charge in [0.2, 0.25) is 10.0 Å². The number of nitrogen functional groups attached to an aromatic ring is 1. The van der Waals surface area contributed by atoms with E-state index in [2.05, 4.69) is 0 Å². The van der Waals surface area contributed by atoms with Gasteiger partial charge in [-0.05, 0) is 24.3 Å². The molecule has 0 radical (unpaired) electrons. The molecule has 0 bridgehead atoms. The van der Waals surface area contributed by atoms with Crippen molar-refractivity contribution in [2.24, 2.45) is 0 Å². The van der Waals surface area contributed by atoms with Crippen molar-refractivity contribution in [1.82, 2.24) is 4.31 Å². The first-order chi connectivity index (χ1) is 9.82. The van der Waals surface area contributed by atoms with Crippen LogP contribution in [0.3, 0.4) is 0 Å². The van der Waals surface area contributed by atoms with Crippen molar-refractivity contribution in [3.05, 3.63) is 47.9 Å². The molecule has 3 N–H and O–H groups in total. The van der Waals surface area contributed by atoms with E-state index in [1.54, 1.807) is 6.07 Å². The molecule has 0 fully saturated rings. The largest absolute Gasteiger partial charge is 0.478 e. The van der Waals surface area contributed by atoms with Crippen LogP contribution in [0.15, 0.2) is 46.1 Å². The van der Waals surface area contributed by atoms with E-state index in [-0.39, 0.29) is 22.7 Å². The van der Waals surface area contributed by atoms with Gasteiger partial charge in [0, 0.05) is 19.2 Å². The van der Waals surface area contributed by atoms with Gasteiger partial charge in [-0.2, -0.15) is 4.31 Å². The summed E-state index contributed by atoms with van der Waals surface area (Å²) in [6.07, 6.45) is 2.90. The lowest BCUT2D eigenvalue weighted by Gasteiger charge is -2.17. The molecule has 2 aromatic rings. The van der Waals surface area contributed by atoms with Crippen LogP contribution in [0.2, 0.25) is 0 Å². The van der Waals surface area contributed by atoms with Crippen LogP contribution >= 0.6 is 0 Å². The van der Waals surface area contributed by atoms with Crippen molar-refractivity contribution in [3.8, 4) is 0 Å². The molecule has 1 heterocycles. The first-order valence-corrected chi connectivity index (χ1v) is 7.36. The maximum Gasteiger partial charge on any atom is 0.335 e. The predicted molar refractivity (Wildman–Crippen MR) is 75.2 cm³/mol. The van der Waals surface area contributed by atoms with Crippen LogP contribution in [0.1, 0.15) is 15.9 Å². The minimum atomic E-state index is -3.81. The fourth-order valence-electron chi connectivity index (χ4n) is 1.81. The molecule has 1 aromatic carbocycles. The van der Waals surface area contributed by atoms with E-state index in [0.717, 1.165) is 10.4 Å². The van der Waals surface area contributed by atoms with Crippen LogP contribution in [0.5, 0.6) is 0 Å². The van der Waals surface area contributed by atoms with Gasteiger partial charge in [0.15, 0.2) is 0 Å². The number of carboxylic acids is 1. The molecule has 7 nitrogen and oxygen atoms in total. The van der Waals surface area contributed by atoms with Crippen LogP contribution in [-0.2, 0) is 16.6 Å². The van der Waals surface area contributed by atoms with E-state index in [1.807, 2.05) is 0 Å². The van der Waals surface area contributed by atoms with E-state index in [1.165, 1.54) is 31.7 Å². The Kier molecular flexibility index (Phi) is 4.01. The van der Waals surface area contributed by atoms with E-state index < -0.39 is 16.0 Å². The Morgan fingerprint density at radius 2 is 2.10 bits per heavy atom. The third kappa shape index (κ3) is 3.06. The van der Waals surface area contributed by atoms with Gasteiger partial charge in [-0.1, -0.05) is 0 Å². The average molecular weight is 310 g/mol. The highest BCUT2D eigenvalue weighted by atomic mass is 32.2. The molecule has 0 atom stereocenters. The van der Waals surface area contributed by atoms with Gasteiger partial charge in [0.05, 0.1) is 23.8 Å². The van der Waals surface area contributed by atoms with Crippen molar-refractivity contribution in [2.45, 2.75) is 11.4 Å². The van der Waals surface area contributed by atoms with Crippen LogP contribution < -0.4 is 5.73 Å². The van der Waals surface area contributed by atoms with Crippen molar-refractivity contribution >= 4 is 21.7 Å². The van der Waals surface area contributed by atoms with Gasteiger partial charge in [0.25, 0.3) is 0 Å². The zero-order valence-electron chi connectivity index (χ0n) is 11.2. The first-order valence-electron chi connectivity index (χ1n) is 5.92. The van der Waals surface area contributed by atoms with Crippen LogP contribution in [0.4, 0.5) is 5.69 Å². The Labute approximate surface area is 121 Å². The standard InChI is InChI=1S/C13H14N2O5S/c1-15(7-9-4-5-20-8-9)21(18,19)12-3-2-10(13(16)17)6-11(12)14/h2-6,8H,7,14H2,1H3,(H,16,17). The Hall–Kier alpha value is -2.32. The normalized spacial score (nSPS) is 11.7. The molecule has 8 heteroatoms. The SMILES string of the molecule is CN(Cc1ccoc1)S(=O)(=O)c1ccc(C(=O)O)cc1N. The van der Waals surface area contributed by atoms with E-state index in [4.69, 9.17) is 15.3 Å². The highest BCUT2D eigenvalue weighted by Crippen LogP contribution is 2.24. The summed E-state index contributed by atoms with van der Waals surface area (Å²) in [6.45, 7) is 0.124. The van der Waals surface area contributed by atoms with Gasteiger partial charge in [-0.15, -0.1) is 0 Å². The minimum absolute atomic E-state index is 0.0658. The number of nitrogens with two attached hydrogens (primary N) is 1. The molecule has 2 rings (SSSR count). The van der Waals surface area contributed by atoms with Crippen LogP contribution in [0, 0.1) is 0 Å². The first kappa shape index (κ1) is 15.1. The molecule has 0 aliphatic heterocycles. The second-order valence-corrected chi connectivity index (χ2v) is 6.46. The Balaban J connectivity index is 2.33. The summed E-state index contributed by atoms with van der Waals surface area (Å²) in [5, 5.41) is 8.86. The van der Waals surface area contributed by atoms with Gasteiger partial charge < -0.3 is 15.3 Å². The van der Waals surface area contributed by atoms with E-state index in [9.17, 15) is 13.2 Å². The molecule has 1 aromatic heterocycles. The van der Waals surface area contributed by atoms with E-state index in [0.29, 0.717) is 5.56 Å². The molecule has 0 amide bonds. The van der Waals surface area contributed by atoms with Crippen molar-refractivity contribution in [3.63, 3.8) is 0 Å². The number of hydrogen-bond acceptors (Lipinski definition) is 5. The summed E-state index contributed by atoms with van der Waals surface area (Å²) >= 11 is 0. The number of furan rings is 1. The fraction of sp³-hybridized carbons (Fsp3) is 0.154. The maximum atomic E-state index is 12.4. The van der Waals surface area contributed by atoms with Crippen molar-refractivity contribution < 1.29 is 22.7 Å². The zero-order chi connectivity index (χ0) is 15.6. The predicted octanol–water partition coefficient (Wildman–Crippen LogP) is 1.38. The van der Waals surface area contributed by atoms with Gasteiger partial charge in [-0.25, -0.2) is 13.2 Å². The third-order valence-corrected chi connectivity index (χ3v) is 4.81. The lowest BCUT2D eigenvalue weighted by atomic mass is 10.2. The second kappa shape index (κ2) is 5.58. The highest BCUT2D eigenvalue weighted by molar-refractivity contribution is 7.89.